The fourth-order valence-corrected chi connectivity index (χ4v) is 2.11. The van der Waals surface area contributed by atoms with E-state index in [-0.39, 0.29) is 0 Å². The molecule has 0 saturated carbocycles. The molecule has 0 aromatic heterocycles. The van der Waals surface area contributed by atoms with Crippen molar-refractivity contribution in [1.29, 1.82) is 0 Å². The van der Waals surface area contributed by atoms with Crippen molar-refractivity contribution in [3.63, 3.8) is 0 Å². The van der Waals surface area contributed by atoms with Crippen LogP contribution in [0.1, 0.15) is 23.6 Å². The Hall–Kier alpha value is -1.77. The van der Waals surface area contributed by atoms with Crippen LogP contribution in [0.5, 0.6) is 0 Å². The van der Waals surface area contributed by atoms with E-state index in [1.807, 2.05) is 19.1 Å². The summed E-state index contributed by atoms with van der Waals surface area (Å²) in [6.07, 6.45) is -3.33. The van der Waals surface area contributed by atoms with E-state index in [1.165, 1.54) is 17.7 Å². The molecule has 0 radical (unpaired) electrons. The van der Waals surface area contributed by atoms with Gasteiger partial charge in [-0.05, 0) is 47.7 Å². The molecular formula is C16H15F3. The molecule has 2 aromatic rings. The van der Waals surface area contributed by atoms with Crippen molar-refractivity contribution >= 4 is 0 Å². The fraction of sp³-hybridized carbons (Fsp3) is 0.250. The predicted octanol–water partition coefficient (Wildman–Crippen LogP) is 5.24. The molecule has 100 valence electrons. The highest BCUT2D eigenvalue weighted by Crippen LogP contribution is 2.31. The van der Waals surface area contributed by atoms with Crippen LogP contribution < -0.4 is 0 Å². The Kier molecular flexibility index (Phi) is 3.65. The first-order valence-electron chi connectivity index (χ1n) is 6.19. The van der Waals surface area contributed by atoms with Gasteiger partial charge in [0.1, 0.15) is 0 Å². The van der Waals surface area contributed by atoms with Gasteiger partial charge in [0.2, 0.25) is 0 Å². The highest BCUT2D eigenvalue weighted by molar-refractivity contribution is 5.67. The van der Waals surface area contributed by atoms with E-state index in [2.05, 4.69) is 13.0 Å². The number of benzene rings is 2. The zero-order valence-corrected chi connectivity index (χ0v) is 10.9. The summed E-state index contributed by atoms with van der Waals surface area (Å²) in [4.78, 5) is 0. The molecule has 2 aromatic carbocycles. The van der Waals surface area contributed by atoms with Gasteiger partial charge in [-0.15, -0.1) is 0 Å². The van der Waals surface area contributed by atoms with E-state index in [0.717, 1.165) is 35.2 Å². The van der Waals surface area contributed by atoms with E-state index in [1.54, 1.807) is 0 Å². The Balaban J connectivity index is 2.37. The van der Waals surface area contributed by atoms with Crippen molar-refractivity contribution in [2.24, 2.45) is 0 Å². The Morgan fingerprint density at radius 2 is 1.58 bits per heavy atom. The largest absolute Gasteiger partial charge is 0.416 e. The minimum atomic E-state index is -4.28. The number of hydrogen-bond acceptors (Lipinski definition) is 0. The van der Waals surface area contributed by atoms with Crippen LogP contribution >= 0.6 is 0 Å². The molecule has 2 rings (SSSR count). The molecule has 0 nitrogen and oxygen atoms in total. The molecule has 0 aliphatic heterocycles. The van der Waals surface area contributed by atoms with Gasteiger partial charge in [-0.3, -0.25) is 0 Å². The lowest BCUT2D eigenvalue weighted by Gasteiger charge is -2.10. The smallest absolute Gasteiger partial charge is 0.166 e. The van der Waals surface area contributed by atoms with Crippen LogP contribution in [0.2, 0.25) is 0 Å². The van der Waals surface area contributed by atoms with Gasteiger partial charge in [0.25, 0.3) is 0 Å². The number of hydrogen-bond donors (Lipinski definition) is 0. The Morgan fingerprint density at radius 1 is 0.947 bits per heavy atom. The maximum atomic E-state index is 12.5. The van der Waals surface area contributed by atoms with Gasteiger partial charge in [-0.2, -0.15) is 13.2 Å². The van der Waals surface area contributed by atoms with Crippen LogP contribution in [0.4, 0.5) is 13.2 Å². The summed E-state index contributed by atoms with van der Waals surface area (Å²) < 4.78 is 37.5. The number of halogens is 3. The molecule has 0 aliphatic carbocycles. The zero-order valence-electron chi connectivity index (χ0n) is 10.9. The summed E-state index contributed by atoms with van der Waals surface area (Å²) >= 11 is 0. The normalized spacial score (nSPS) is 11.6. The van der Waals surface area contributed by atoms with E-state index in [9.17, 15) is 13.2 Å². The third-order valence-corrected chi connectivity index (χ3v) is 3.22. The summed E-state index contributed by atoms with van der Waals surface area (Å²) in [6.45, 7) is 4.05. The minimum Gasteiger partial charge on any atom is -0.166 e. The molecule has 0 N–H and O–H groups in total. The van der Waals surface area contributed by atoms with Gasteiger partial charge in [0, 0.05) is 0 Å². The van der Waals surface area contributed by atoms with Crippen molar-refractivity contribution in [2.45, 2.75) is 26.4 Å². The first kappa shape index (κ1) is 13.7. The molecule has 0 aliphatic rings. The number of rotatable bonds is 2. The van der Waals surface area contributed by atoms with Crippen LogP contribution in [-0.4, -0.2) is 0 Å². The average Bonchev–Trinajstić information content (AvgIpc) is 2.37. The van der Waals surface area contributed by atoms with Gasteiger partial charge in [0.05, 0.1) is 5.56 Å². The van der Waals surface area contributed by atoms with Crippen molar-refractivity contribution in [1.82, 2.24) is 0 Å². The SMILES string of the molecule is CCc1ccc(-c2ccc(C(F)(F)F)cc2)c(C)c1. The van der Waals surface area contributed by atoms with Crippen molar-refractivity contribution < 1.29 is 13.2 Å². The maximum absolute atomic E-state index is 12.5. The quantitative estimate of drug-likeness (QED) is 0.695. The molecule has 19 heavy (non-hydrogen) atoms. The Labute approximate surface area is 110 Å². The molecule has 0 bridgehead atoms. The molecule has 0 saturated heterocycles. The lowest BCUT2D eigenvalue weighted by Crippen LogP contribution is -2.04. The summed E-state index contributed by atoms with van der Waals surface area (Å²) in [5.74, 6) is 0. The first-order chi connectivity index (χ1) is 8.91. The molecule has 0 unspecified atom stereocenters. The molecule has 0 heterocycles. The van der Waals surface area contributed by atoms with Crippen LogP contribution in [0.25, 0.3) is 11.1 Å². The molecule has 0 atom stereocenters. The Bertz CT molecular complexity index is 566. The second kappa shape index (κ2) is 5.08. The monoisotopic (exact) mass is 264 g/mol. The first-order valence-corrected chi connectivity index (χ1v) is 6.19. The van der Waals surface area contributed by atoms with Crippen LogP contribution in [-0.2, 0) is 12.6 Å². The third kappa shape index (κ3) is 2.98. The van der Waals surface area contributed by atoms with Crippen LogP contribution in [0, 0.1) is 6.92 Å². The van der Waals surface area contributed by atoms with Crippen molar-refractivity contribution in [3.05, 3.63) is 59.2 Å². The average molecular weight is 264 g/mol. The second-order valence-electron chi connectivity index (χ2n) is 4.58. The summed E-state index contributed by atoms with van der Waals surface area (Å²) in [7, 11) is 0. The summed E-state index contributed by atoms with van der Waals surface area (Å²) in [6, 6.07) is 11.4. The maximum Gasteiger partial charge on any atom is 0.416 e. The van der Waals surface area contributed by atoms with Crippen LogP contribution in [0.15, 0.2) is 42.5 Å². The lowest BCUT2D eigenvalue weighted by molar-refractivity contribution is -0.137. The van der Waals surface area contributed by atoms with Crippen LogP contribution in [0.3, 0.4) is 0 Å². The lowest BCUT2D eigenvalue weighted by atomic mass is 9.97. The second-order valence-corrected chi connectivity index (χ2v) is 4.58. The molecule has 0 amide bonds. The predicted molar refractivity (Wildman–Crippen MR) is 71.0 cm³/mol. The molecular weight excluding hydrogens is 249 g/mol. The van der Waals surface area contributed by atoms with Gasteiger partial charge < -0.3 is 0 Å². The standard InChI is InChI=1S/C16H15F3/c1-3-12-4-9-15(11(2)10-12)13-5-7-14(8-6-13)16(17,18)19/h4-10H,3H2,1-2H3. The molecule has 0 spiro atoms. The zero-order chi connectivity index (χ0) is 14.0. The van der Waals surface area contributed by atoms with Crippen molar-refractivity contribution in [2.75, 3.05) is 0 Å². The highest BCUT2D eigenvalue weighted by atomic mass is 19.4. The van der Waals surface area contributed by atoms with Gasteiger partial charge in [-0.25, -0.2) is 0 Å². The van der Waals surface area contributed by atoms with E-state index < -0.39 is 11.7 Å². The van der Waals surface area contributed by atoms with E-state index in [4.69, 9.17) is 0 Å². The van der Waals surface area contributed by atoms with E-state index in [0.29, 0.717) is 0 Å². The van der Waals surface area contributed by atoms with Gasteiger partial charge in [0.15, 0.2) is 0 Å². The number of aryl methyl sites for hydroxylation is 2. The Morgan fingerprint density at radius 3 is 2.05 bits per heavy atom. The fourth-order valence-electron chi connectivity index (χ4n) is 2.11. The summed E-state index contributed by atoms with van der Waals surface area (Å²) in [5, 5.41) is 0. The number of alkyl halides is 3. The van der Waals surface area contributed by atoms with E-state index >= 15 is 0 Å². The van der Waals surface area contributed by atoms with Gasteiger partial charge in [-0.1, -0.05) is 37.3 Å². The van der Waals surface area contributed by atoms with Gasteiger partial charge >= 0.3 is 6.18 Å². The third-order valence-electron chi connectivity index (χ3n) is 3.22. The summed E-state index contributed by atoms with van der Waals surface area (Å²) in [5.41, 5.74) is 3.49. The molecule has 0 fully saturated rings. The topological polar surface area (TPSA) is 0 Å². The van der Waals surface area contributed by atoms with Crippen molar-refractivity contribution in [3.8, 4) is 11.1 Å². The minimum absolute atomic E-state index is 0.612. The molecule has 3 heteroatoms. The highest BCUT2D eigenvalue weighted by Gasteiger charge is 2.29.